The van der Waals surface area contributed by atoms with Crippen LogP contribution in [0.3, 0.4) is 0 Å². The minimum atomic E-state index is -0.671. The molecule has 4 nitrogen and oxygen atoms in total. The third kappa shape index (κ3) is 3.05. The summed E-state index contributed by atoms with van der Waals surface area (Å²) >= 11 is 0. The molecule has 4 saturated carbocycles. The number of carboxylic acid groups (broad SMARTS) is 1. The summed E-state index contributed by atoms with van der Waals surface area (Å²) in [5.74, 6) is 2.91. The summed E-state index contributed by atoms with van der Waals surface area (Å²) in [5, 5.41) is 30.3. The van der Waals surface area contributed by atoms with E-state index < -0.39 is 5.97 Å². The van der Waals surface area contributed by atoms with Crippen molar-refractivity contribution in [3.63, 3.8) is 0 Å². The van der Waals surface area contributed by atoms with Crippen LogP contribution in [0.2, 0.25) is 0 Å². The van der Waals surface area contributed by atoms with Crippen LogP contribution in [0.1, 0.15) is 85.0 Å². The van der Waals surface area contributed by atoms with E-state index in [1.165, 1.54) is 32.1 Å². The maximum Gasteiger partial charge on any atom is 0.303 e. The quantitative estimate of drug-likeness (QED) is 0.659. The lowest BCUT2D eigenvalue weighted by Gasteiger charge is -2.62. The number of carbonyl (C=O) groups is 1. The van der Waals surface area contributed by atoms with Gasteiger partial charge in [0.1, 0.15) is 0 Å². The molecule has 0 amide bonds. The molecule has 0 radical (unpaired) electrons. The van der Waals surface area contributed by atoms with Crippen molar-refractivity contribution in [3.8, 4) is 0 Å². The van der Waals surface area contributed by atoms with Crippen LogP contribution in [0.15, 0.2) is 0 Å². The molecular formula is C24H40O4. The monoisotopic (exact) mass is 392 g/mol. The fourth-order valence-corrected chi connectivity index (χ4v) is 8.82. The lowest BCUT2D eigenvalue weighted by Crippen LogP contribution is -2.59. The van der Waals surface area contributed by atoms with Crippen molar-refractivity contribution in [1.29, 1.82) is 0 Å². The second kappa shape index (κ2) is 7.27. The van der Waals surface area contributed by atoms with Gasteiger partial charge in [0.25, 0.3) is 0 Å². The van der Waals surface area contributed by atoms with Gasteiger partial charge in [-0.2, -0.15) is 0 Å². The molecule has 10 atom stereocenters. The van der Waals surface area contributed by atoms with Gasteiger partial charge in [0, 0.05) is 6.42 Å². The predicted octanol–water partition coefficient (Wildman–Crippen LogP) is 4.48. The zero-order chi connectivity index (χ0) is 20.3. The number of carboxylic acids is 1. The zero-order valence-corrected chi connectivity index (χ0v) is 17.9. The molecule has 0 aromatic rings. The molecule has 4 fully saturated rings. The van der Waals surface area contributed by atoms with E-state index in [-0.39, 0.29) is 17.6 Å². The van der Waals surface area contributed by atoms with Crippen LogP contribution in [0.4, 0.5) is 0 Å². The molecule has 4 heteroatoms. The topological polar surface area (TPSA) is 77.8 Å². The van der Waals surface area contributed by atoms with Gasteiger partial charge >= 0.3 is 5.97 Å². The zero-order valence-electron chi connectivity index (χ0n) is 17.9. The molecule has 0 bridgehead atoms. The second-order valence-electron chi connectivity index (χ2n) is 11.3. The first-order chi connectivity index (χ1) is 13.2. The molecule has 4 rings (SSSR count). The van der Waals surface area contributed by atoms with E-state index in [0.717, 1.165) is 25.2 Å². The Balaban J connectivity index is 1.54. The van der Waals surface area contributed by atoms with Crippen molar-refractivity contribution in [1.82, 2.24) is 0 Å². The number of fused-ring (bicyclic) bond motifs is 5. The van der Waals surface area contributed by atoms with Gasteiger partial charge in [-0.15, -0.1) is 0 Å². The molecule has 0 aliphatic heterocycles. The highest BCUT2D eigenvalue weighted by Crippen LogP contribution is 2.68. The number of rotatable bonds is 4. The predicted molar refractivity (Wildman–Crippen MR) is 109 cm³/mol. The van der Waals surface area contributed by atoms with E-state index in [0.29, 0.717) is 47.8 Å². The Morgan fingerprint density at radius 3 is 2.50 bits per heavy atom. The molecule has 3 N–H and O–H groups in total. The van der Waals surface area contributed by atoms with Gasteiger partial charge in [0.2, 0.25) is 0 Å². The average molecular weight is 393 g/mol. The molecule has 0 aromatic carbocycles. The Morgan fingerprint density at radius 1 is 1.04 bits per heavy atom. The van der Waals surface area contributed by atoms with Crippen LogP contribution < -0.4 is 0 Å². The Morgan fingerprint density at radius 2 is 1.79 bits per heavy atom. The first-order valence-corrected chi connectivity index (χ1v) is 11.8. The molecule has 28 heavy (non-hydrogen) atoms. The van der Waals surface area contributed by atoms with Crippen LogP contribution in [0, 0.1) is 46.3 Å². The lowest BCUT2D eigenvalue weighted by atomic mass is 9.43. The SMILES string of the molecule is C[C@H](CCC(=O)O)[C@H]1CC[C@H]2[C@@H]3CCC4C[C@H](O)CC(O)[C@]4(C)[C@H]3CC[C@]12C. The van der Waals surface area contributed by atoms with Crippen molar-refractivity contribution in [2.24, 2.45) is 46.3 Å². The van der Waals surface area contributed by atoms with Crippen LogP contribution in [0.5, 0.6) is 0 Å². The van der Waals surface area contributed by atoms with Gasteiger partial charge < -0.3 is 15.3 Å². The third-order valence-electron chi connectivity index (χ3n) is 10.3. The highest BCUT2D eigenvalue weighted by molar-refractivity contribution is 5.66. The largest absolute Gasteiger partial charge is 0.481 e. The standard InChI is InChI=1S/C24H40O4/c1-14(4-9-22(27)28)18-7-8-19-17-6-5-15-12-16(25)13-21(26)24(15,3)20(17)10-11-23(18,19)2/h14-21,25-26H,4-13H2,1-3H3,(H,27,28)/t14-,15?,16+,17+,18-,19+,20+,21?,23-,24+/m1/s1. The molecule has 0 saturated heterocycles. The summed E-state index contributed by atoms with van der Waals surface area (Å²) in [6, 6.07) is 0. The lowest BCUT2D eigenvalue weighted by molar-refractivity contribution is -0.182. The molecule has 0 aromatic heterocycles. The van der Waals surface area contributed by atoms with Crippen molar-refractivity contribution < 1.29 is 20.1 Å². The summed E-state index contributed by atoms with van der Waals surface area (Å²) in [7, 11) is 0. The number of hydrogen-bond acceptors (Lipinski definition) is 3. The van der Waals surface area contributed by atoms with Crippen LogP contribution >= 0.6 is 0 Å². The minimum absolute atomic E-state index is 0.0313. The van der Waals surface area contributed by atoms with Crippen molar-refractivity contribution in [2.45, 2.75) is 97.2 Å². The first kappa shape index (κ1) is 20.7. The molecule has 2 unspecified atom stereocenters. The third-order valence-corrected chi connectivity index (χ3v) is 10.3. The van der Waals surface area contributed by atoms with Crippen molar-refractivity contribution >= 4 is 5.97 Å². The molecule has 160 valence electrons. The number of aliphatic hydroxyl groups is 2. The Kier molecular flexibility index (Phi) is 5.36. The summed E-state index contributed by atoms with van der Waals surface area (Å²) in [5.41, 5.74) is 0.303. The smallest absolute Gasteiger partial charge is 0.303 e. The van der Waals surface area contributed by atoms with E-state index in [4.69, 9.17) is 5.11 Å². The minimum Gasteiger partial charge on any atom is -0.481 e. The van der Waals surface area contributed by atoms with Crippen molar-refractivity contribution in [3.05, 3.63) is 0 Å². The van der Waals surface area contributed by atoms with Gasteiger partial charge in [-0.05, 0) is 104 Å². The van der Waals surface area contributed by atoms with Crippen LogP contribution in [-0.4, -0.2) is 33.5 Å². The van der Waals surface area contributed by atoms with E-state index in [1.54, 1.807) is 0 Å². The summed E-state index contributed by atoms with van der Waals surface area (Å²) in [6.07, 6.45) is 9.14. The molecule has 4 aliphatic carbocycles. The highest BCUT2D eigenvalue weighted by atomic mass is 16.4. The number of aliphatic hydroxyl groups excluding tert-OH is 2. The van der Waals surface area contributed by atoms with Gasteiger partial charge in [-0.25, -0.2) is 0 Å². The molecule has 4 aliphatic rings. The van der Waals surface area contributed by atoms with Crippen molar-refractivity contribution in [2.75, 3.05) is 0 Å². The van der Waals surface area contributed by atoms with E-state index >= 15 is 0 Å². The normalized spacial score (nSPS) is 51.7. The highest BCUT2D eigenvalue weighted by Gasteiger charge is 2.62. The Labute approximate surface area is 170 Å². The Bertz CT molecular complexity index is 605. The maximum absolute atomic E-state index is 11.1. The van der Waals surface area contributed by atoms with Gasteiger partial charge in [-0.3, -0.25) is 4.79 Å². The van der Waals surface area contributed by atoms with Gasteiger partial charge in [-0.1, -0.05) is 20.8 Å². The first-order valence-electron chi connectivity index (χ1n) is 11.8. The van der Waals surface area contributed by atoms with E-state index in [1.807, 2.05) is 0 Å². The molecule has 0 heterocycles. The Hall–Kier alpha value is -0.610. The summed E-state index contributed by atoms with van der Waals surface area (Å²) < 4.78 is 0. The fraction of sp³-hybridized carbons (Fsp3) is 0.958. The average Bonchev–Trinajstić information content (AvgIpc) is 2.98. The van der Waals surface area contributed by atoms with Crippen LogP contribution in [0.25, 0.3) is 0 Å². The molecule has 0 spiro atoms. The van der Waals surface area contributed by atoms with Gasteiger partial charge in [0.05, 0.1) is 12.2 Å². The fourth-order valence-electron chi connectivity index (χ4n) is 8.82. The summed E-state index contributed by atoms with van der Waals surface area (Å²) in [6.45, 7) is 7.10. The second-order valence-corrected chi connectivity index (χ2v) is 11.3. The summed E-state index contributed by atoms with van der Waals surface area (Å²) in [4.78, 5) is 11.1. The van der Waals surface area contributed by atoms with Gasteiger partial charge in [0.15, 0.2) is 0 Å². The molecular weight excluding hydrogens is 352 g/mol. The number of aliphatic carboxylic acids is 1. The van der Waals surface area contributed by atoms with Crippen LogP contribution in [-0.2, 0) is 4.79 Å². The van der Waals surface area contributed by atoms with E-state index in [9.17, 15) is 15.0 Å². The maximum atomic E-state index is 11.1. The number of hydrogen-bond donors (Lipinski definition) is 3. The van der Waals surface area contributed by atoms with E-state index in [2.05, 4.69) is 20.8 Å².